The number of phenolic OH excluding ortho intramolecular Hbond substituents is 1. The van der Waals surface area contributed by atoms with Crippen molar-refractivity contribution in [2.75, 3.05) is 39.3 Å². The number of carbonyl (C=O) groups is 2. The first-order valence-electron chi connectivity index (χ1n) is 10.1. The van der Waals surface area contributed by atoms with E-state index in [4.69, 9.17) is 0 Å². The molecule has 2 aliphatic rings. The Bertz CT molecular complexity index is 656. The van der Waals surface area contributed by atoms with Crippen LogP contribution in [0.2, 0.25) is 0 Å². The minimum absolute atomic E-state index is 0.119. The van der Waals surface area contributed by atoms with Gasteiger partial charge in [-0.1, -0.05) is 18.2 Å². The van der Waals surface area contributed by atoms with Crippen LogP contribution in [0.15, 0.2) is 24.3 Å². The summed E-state index contributed by atoms with van der Waals surface area (Å²) in [5.74, 6) is 0.594. The van der Waals surface area contributed by atoms with E-state index in [9.17, 15) is 14.7 Å². The number of rotatable bonds is 5. The summed E-state index contributed by atoms with van der Waals surface area (Å²) in [6.45, 7) is 6.31. The van der Waals surface area contributed by atoms with Gasteiger partial charge in [0.05, 0.1) is 6.54 Å². The van der Waals surface area contributed by atoms with Crippen LogP contribution in [0.4, 0.5) is 0 Å². The molecule has 1 aromatic rings. The number of hydrogen-bond acceptors (Lipinski definition) is 4. The Morgan fingerprint density at radius 1 is 1.04 bits per heavy atom. The summed E-state index contributed by atoms with van der Waals surface area (Å²) in [5.41, 5.74) is 0.811. The maximum atomic E-state index is 12.6. The van der Waals surface area contributed by atoms with Gasteiger partial charge in [-0.2, -0.15) is 0 Å². The smallest absolute Gasteiger partial charge is 0.236 e. The summed E-state index contributed by atoms with van der Waals surface area (Å²) in [6, 6.07) is 7.51. The fraction of sp³-hybridized carbons (Fsp3) is 0.619. The summed E-state index contributed by atoms with van der Waals surface area (Å²) < 4.78 is 0. The second kappa shape index (κ2) is 9.22. The second-order valence-corrected chi connectivity index (χ2v) is 7.72. The molecule has 0 aromatic heterocycles. The number of para-hydroxylation sites is 1. The zero-order valence-electron chi connectivity index (χ0n) is 16.3. The van der Waals surface area contributed by atoms with Crippen LogP contribution in [0.3, 0.4) is 0 Å². The minimum Gasteiger partial charge on any atom is -0.508 e. The van der Waals surface area contributed by atoms with Gasteiger partial charge in [0.1, 0.15) is 5.75 Å². The monoisotopic (exact) mass is 373 g/mol. The molecule has 0 bridgehead atoms. The number of aryl methyl sites for hydroxylation is 1. The highest BCUT2D eigenvalue weighted by Gasteiger charge is 2.27. The summed E-state index contributed by atoms with van der Waals surface area (Å²) in [7, 11) is 0. The lowest BCUT2D eigenvalue weighted by atomic mass is 10.0. The van der Waals surface area contributed by atoms with Crippen LogP contribution in [-0.4, -0.2) is 76.9 Å². The standard InChI is InChI=1S/C21H31N3O3/c1-17-6-4-5-11-24(17)21(27)16-22-12-14-23(15-13-22)20(26)10-9-18-7-2-3-8-19(18)25/h2-3,7-8,17,25H,4-6,9-16H2,1H3. The van der Waals surface area contributed by atoms with Crippen LogP contribution in [0.1, 0.15) is 38.2 Å². The van der Waals surface area contributed by atoms with E-state index >= 15 is 0 Å². The molecule has 148 valence electrons. The highest BCUT2D eigenvalue weighted by molar-refractivity contribution is 5.79. The van der Waals surface area contributed by atoms with Crippen LogP contribution < -0.4 is 0 Å². The number of benzene rings is 1. The second-order valence-electron chi connectivity index (χ2n) is 7.72. The highest BCUT2D eigenvalue weighted by Crippen LogP contribution is 2.19. The molecule has 1 atom stereocenters. The predicted octanol–water partition coefficient (Wildman–Crippen LogP) is 1.87. The summed E-state index contributed by atoms with van der Waals surface area (Å²) in [4.78, 5) is 31.1. The third-order valence-electron chi connectivity index (χ3n) is 5.81. The van der Waals surface area contributed by atoms with Gasteiger partial charge in [0, 0.05) is 45.2 Å². The van der Waals surface area contributed by atoms with Gasteiger partial charge in [-0.15, -0.1) is 0 Å². The molecular formula is C21H31N3O3. The molecule has 2 heterocycles. The van der Waals surface area contributed by atoms with E-state index in [2.05, 4.69) is 11.8 Å². The van der Waals surface area contributed by atoms with Crippen molar-refractivity contribution in [3.8, 4) is 5.75 Å². The number of piperidine rings is 1. The fourth-order valence-electron chi connectivity index (χ4n) is 4.03. The van der Waals surface area contributed by atoms with Crippen molar-refractivity contribution in [2.24, 2.45) is 0 Å². The Hall–Kier alpha value is -2.08. The summed E-state index contributed by atoms with van der Waals surface area (Å²) >= 11 is 0. The first-order chi connectivity index (χ1) is 13.0. The lowest BCUT2D eigenvalue weighted by Crippen LogP contribution is -2.53. The van der Waals surface area contributed by atoms with E-state index in [-0.39, 0.29) is 17.6 Å². The quantitative estimate of drug-likeness (QED) is 0.856. The van der Waals surface area contributed by atoms with Gasteiger partial charge >= 0.3 is 0 Å². The predicted molar refractivity (Wildman–Crippen MR) is 104 cm³/mol. The molecular weight excluding hydrogens is 342 g/mol. The van der Waals surface area contributed by atoms with Gasteiger partial charge in [-0.3, -0.25) is 14.5 Å². The fourth-order valence-corrected chi connectivity index (χ4v) is 4.03. The van der Waals surface area contributed by atoms with Crippen LogP contribution >= 0.6 is 0 Å². The Kier molecular flexibility index (Phi) is 6.72. The number of nitrogens with zero attached hydrogens (tertiary/aromatic N) is 3. The van der Waals surface area contributed by atoms with E-state index in [0.29, 0.717) is 38.5 Å². The van der Waals surface area contributed by atoms with Crippen molar-refractivity contribution in [2.45, 2.75) is 45.1 Å². The first-order valence-corrected chi connectivity index (χ1v) is 10.1. The molecule has 2 saturated heterocycles. The largest absolute Gasteiger partial charge is 0.508 e. The van der Waals surface area contributed by atoms with Crippen LogP contribution in [0, 0.1) is 0 Å². The van der Waals surface area contributed by atoms with Crippen molar-refractivity contribution in [3.63, 3.8) is 0 Å². The molecule has 2 amide bonds. The third kappa shape index (κ3) is 5.22. The normalized spacial score (nSPS) is 21.3. The van der Waals surface area contributed by atoms with E-state index in [0.717, 1.165) is 38.0 Å². The lowest BCUT2D eigenvalue weighted by Gasteiger charge is -2.38. The van der Waals surface area contributed by atoms with Gasteiger partial charge in [-0.05, 0) is 44.2 Å². The van der Waals surface area contributed by atoms with Crippen molar-refractivity contribution in [1.29, 1.82) is 0 Å². The SMILES string of the molecule is CC1CCCCN1C(=O)CN1CCN(C(=O)CCc2ccccc2O)CC1. The zero-order chi connectivity index (χ0) is 19.2. The number of phenols is 1. The van der Waals surface area contributed by atoms with E-state index < -0.39 is 0 Å². The Morgan fingerprint density at radius 3 is 2.48 bits per heavy atom. The lowest BCUT2D eigenvalue weighted by molar-refractivity contribution is -0.137. The molecule has 3 rings (SSSR count). The van der Waals surface area contributed by atoms with Gasteiger partial charge in [-0.25, -0.2) is 0 Å². The van der Waals surface area contributed by atoms with Crippen molar-refractivity contribution < 1.29 is 14.7 Å². The van der Waals surface area contributed by atoms with E-state index in [1.54, 1.807) is 12.1 Å². The maximum Gasteiger partial charge on any atom is 0.236 e. The zero-order valence-corrected chi connectivity index (χ0v) is 16.3. The van der Waals surface area contributed by atoms with E-state index in [1.807, 2.05) is 21.9 Å². The van der Waals surface area contributed by atoms with Crippen molar-refractivity contribution >= 4 is 11.8 Å². The molecule has 1 N–H and O–H groups in total. The van der Waals surface area contributed by atoms with Crippen LogP contribution in [0.25, 0.3) is 0 Å². The molecule has 6 heteroatoms. The molecule has 6 nitrogen and oxygen atoms in total. The van der Waals surface area contributed by atoms with Gasteiger partial charge < -0.3 is 14.9 Å². The van der Waals surface area contributed by atoms with Crippen LogP contribution in [0.5, 0.6) is 5.75 Å². The highest BCUT2D eigenvalue weighted by atomic mass is 16.3. The van der Waals surface area contributed by atoms with Gasteiger partial charge in [0.15, 0.2) is 0 Å². The summed E-state index contributed by atoms with van der Waals surface area (Å²) in [5, 5.41) is 9.81. The number of likely N-dealkylation sites (tertiary alicyclic amines) is 1. The van der Waals surface area contributed by atoms with Gasteiger partial charge in [0.2, 0.25) is 11.8 Å². The number of amides is 2. The molecule has 2 fully saturated rings. The number of aromatic hydroxyl groups is 1. The van der Waals surface area contributed by atoms with Gasteiger partial charge in [0.25, 0.3) is 0 Å². The molecule has 0 radical (unpaired) electrons. The molecule has 0 spiro atoms. The Balaban J connectivity index is 1.41. The molecule has 0 saturated carbocycles. The third-order valence-corrected chi connectivity index (χ3v) is 5.81. The molecule has 27 heavy (non-hydrogen) atoms. The number of hydrogen-bond donors (Lipinski definition) is 1. The topological polar surface area (TPSA) is 64.1 Å². The molecule has 0 aliphatic carbocycles. The Labute approximate surface area is 161 Å². The van der Waals surface area contributed by atoms with E-state index in [1.165, 1.54) is 6.42 Å². The number of piperazine rings is 1. The molecule has 1 aromatic carbocycles. The maximum absolute atomic E-state index is 12.6. The molecule has 2 aliphatic heterocycles. The number of carbonyl (C=O) groups excluding carboxylic acids is 2. The van der Waals surface area contributed by atoms with Crippen molar-refractivity contribution in [1.82, 2.24) is 14.7 Å². The average molecular weight is 373 g/mol. The van der Waals surface area contributed by atoms with Crippen molar-refractivity contribution in [3.05, 3.63) is 29.8 Å². The summed E-state index contributed by atoms with van der Waals surface area (Å²) in [6.07, 6.45) is 4.38. The Morgan fingerprint density at radius 2 is 1.78 bits per heavy atom. The average Bonchev–Trinajstić information content (AvgIpc) is 2.68. The minimum atomic E-state index is 0.119. The first kappa shape index (κ1) is 19.7. The van der Waals surface area contributed by atoms with Crippen LogP contribution in [-0.2, 0) is 16.0 Å². The molecule has 1 unspecified atom stereocenters.